The molecule has 1 aliphatic heterocycles. The van der Waals surface area contributed by atoms with Crippen molar-refractivity contribution in [2.45, 2.75) is 39.7 Å². The van der Waals surface area contributed by atoms with Crippen molar-refractivity contribution >= 4 is 17.3 Å². The number of rotatable bonds is 3. The predicted molar refractivity (Wildman–Crippen MR) is 74.0 cm³/mol. The topological polar surface area (TPSA) is 40.5 Å². The summed E-state index contributed by atoms with van der Waals surface area (Å²) >= 11 is 1.68. The van der Waals surface area contributed by atoms with Crippen LogP contribution in [0.1, 0.15) is 43.7 Å². The lowest BCUT2D eigenvalue weighted by molar-refractivity contribution is -0.144. The fourth-order valence-corrected chi connectivity index (χ4v) is 3.28. The molecule has 0 fully saturated rings. The van der Waals surface area contributed by atoms with Gasteiger partial charge in [-0.15, -0.1) is 11.3 Å². The van der Waals surface area contributed by atoms with Crippen molar-refractivity contribution in [3.8, 4) is 0 Å². The Balaban J connectivity index is 2.15. The van der Waals surface area contributed by atoms with Gasteiger partial charge in [-0.25, -0.2) is 0 Å². The van der Waals surface area contributed by atoms with E-state index in [1.54, 1.807) is 11.3 Å². The number of nitrogens with zero attached hydrogens (tertiary/aromatic N) is 1. The molecule has 1 aromatic rings. The molecule has 0 saturated carbocycles. The minimum Gasteiger partial charge on any atom is -0.480 e. The highest BCUT2D eigenvalue weighted by molar-refractivity contribution is 7.10. The summed E-state index contributed by atoms with van der Waals surface area (Å²) in [6.45, 7) is 8.31. The van der Waals surface area contributed by atoms with Gasteiger partial charge in [0.05, 0.1) is 0 Å². The van der Waals surface area contributed by atoms with E-state index in [-0.39, 0.29) is 5.41 Å². The number of carboxylic acid groups (broad SMARTS) is 1. The van der Waals surface area contributed by atoms with E-state index in [4.69, 9.17) is 0 Å². The van der Waals surface area contributed by atoms with E-state index in [0.717, 1.165) is 31.5 Å². The molecule has 1 unspecified atom stereocenters. The lowest BCUT2D eigenvalue weighted by atomic mass is 9.91. The summed E-state index contributed by atoms with van der Waals surface area (Å²) in [6.07, 6.45) is 2.01. The van der Waals surface area contributed by atoms with E-state index in [9.17, 15) is 9.90 Å². The summed E-state index contributed by atoms with van der Waals surface area (Å²) < 4.78 is 0. The van der Waals surface area contributed by atoms with E-state index in [2.05, 4.69) is 25.7 Å². The largest absolute Gasteiger partial charge is 0.480 e. The van der Waals surface area contributed by atoms with Gasteiger partial charge in [0.25, 0.3) is 0 Å². The summed E-state index contributed by atoms with van der Waals surface area (Å²) in [6, 6.07) is 1.53. The van der Waals surface area contributed by atoms with Gasteiger partial charge in [-0.05, 0) is 41.8 Å². The first kappa shape index (κ1) is 13.6. The van der Waals surface area contributed by atoms with E-state index in [1.165, 1.54) is 4.88 Å². The van der Waals surface area contributed by atoms with Crippen LogP contribution in [0.4, 0.5) is 0 Å². The van der Waals surface area contributed by atoms with Crippen molar-refractivity contribution < 1.29 is 9.90 Å². The van der Waals surface area contributed by atoms with E-state index in [0.29, 0.717) is 0 Å². The zero-order valence-corrected chi connectivity index (χ0v) is 12.1. The Morgan fingerprint density at radius 3 is 2.89 bits per heavy atom. The van der Waals surface area contributed by atoms with E-state index in [1.807, 2.05) is 11.4 Å². The van der Waals surface area contributed by atoms with Crippen LogP contribution in [0.2, 0.25) is 0 Å². The van der Waals surface area contributed by atoms with Crippen LogP contribution in [-0.4, -0.2) is 29.1 Å². The molecule has 0 saturated heterocycles. The zero-order valence-electron chi connectivity index (χ0n) is 11.3. The first-order valence-corrected chi connectivity index (χ1v) is 7.29. The maximum Gasteiger partial charge on any atom is 0.325 e. The van der Waals surface area contributed by atoms with Crippen molar-refractivity contribution in [1.82, 2.24) is 4.90 Å². The molecular weight excluding hydrogens is 246 g/mol. The third kappa shape index (κ3) is 2.93. The van der Waals surface area contributed by atoms with Crippen molar-refractivity contribution in [3.63, 3.8) is 0 Å². The lowest BCUT2D eigenvalue weighted by Gasteiger charge is -2.34. The van der Waals surface area contributed by atoms with Crippen LogP contribution in [0.25, 0.3) is 0 Å². The molecular formula is C14H21NO2S. The molecule has 1 aromatic heterocycles. The standard InChI is InChI=1S/C14H21NO2S/c1-14(2,3)6-8-15-7-4-11-10(5-9-18-11)12(15)13(16)17/h5,9,12H,4,6-8H2,1-3H3,(H,16,17). The molecule has 0 aromatic carbocycles. The van der Waals surface area contributed by atoms with Crippen molar-refractivity contribution in [1.29, 1.82) is 0 Å². The normalized spacial score (nSPS) is 20.7. The van der Waals surface area contributed by atoms with Crippen molar-refractivity contribution in [2.75, 3.05) is 13.1 Å². The maximum atomic E-state index is 11.5. The van der Waals surface area contributed by atoms with Gasteiger partial charge in [0.1, 0.15) is 6.04 Å². The number of hydrogen-bond donors (Lipinski definition) is 1. The Morgan fingerprint density at radius 1 is 1.56 bits per heavy atom. The number of thiophene rings is 1. The third-order valence-corrected chi connectivity index (χ3v) is 4.45. The molecule has 2 heterocycles. The number of hydrogen-bond acceptors (Lipinski definition) is 3. The molecule has 4 heteroatoms. The molecule has 1 atom stereocenters. The molecule has 0 aliphatic carbocycles. The van der Waals surface area contributed by atoms with Crippen LogP contribution in [-0.2, 0) is 11.2 Å². The number of carbonyl (C=O) groups is 1. The molecule has 2 rings (SSSR count). The van der Waals surface area contributed by atoms with Crippen LogP contribution in [0.5, 0.6) is 0 Å². The Bertz CT molecular complexity index is 433. The highest BCUT2D eigenvalue weighted by atomic mass is 32.1. The average molecular weight is 267 g/mol. The minimum absolute atomic E-state index is 0.248. The minimum atomic E-state index is -0.719. The summed E-state index contributed by atoms with van der Waals surface area (Å²) in [5, 5.41) is 11.5. The molecule has 1 aliphatic rings. The Hall–Kier alpha value is -0.870. The molecule has 100 valence electrons. The zero-order chi connectivity index (χ0) is 13.3. The summed E-state index contributed by atoms with van der Waals surface area (Å²) in [7, 11) is 0. The first-order chi connectivity index (χ1) is 8.38. The molecule has 0 radical (unpaired) electrons. The van der Waals surface area contributed by atoms with Gasteiger partial charge >= 0.3 is 5.97 Å². The van der Waals surface area contributed by atoms with Crippen molar-refractivity contribution in [3.05, 3.63) is 21.9 Å². The van der Waals surface area contributed by atoms with Crippen LogP contribution in [0, 0.1) is 5.41 Å². The second kappa shape index (κ2) is 5.02. The summed E-state index contributed by atoms with van der Waals surface area (Å²) in [5.74, 6) is -0.719. The SMILES string of the molecule is CC(C)(C)CCN1CCc2sccc2C1C(=O)O. The molecule has 18 heavy (non-hydrogen) atoms. The van der Waals surface area contributed by atoms with Gasteiger partial charge in [0.15, 0.2) is 0 Å². The van der Waals surface area contributed by atoms with Crippen LogP contribution >= 0.6 is 11.3 Å². The number of aliphatic carboxylic acids is 1. The highest BCUT2D eigenvalue weighted by Gasteiger charge is 2.33. The highest BCUT2D eigenvalue weighted by Crippen LogP contribution is 2.34. The van der Waals surface area contributed by atoms with Crippen LogP contribution < -0.4 is 0 Å². The molecule has 0 amide bonds. The molecule has 0 spiro atoms. The Morgan fingerprint density at radius 2 is 2.28 bits per heavy atom. The van der Waals surface area contributed by atoms with Gasteiger partial charge < -0.3 is 5.11 Å². The van der Waals surface area contributed by atoms with Gasteiger partial charge in [-0.3, -0.25) is 9.69 Å². The van der Waals surface area contributed by atoms with Crippen LogP contribution in [0.3, 0.4) is 0 Å². The molecule has 1 N–H and O–H groups in total. The lowest BCUT2D eigenvalue weighted by Crippen LogP contribution is -2.40. The first-order valence-electron chi connectivity index (χ1n) is 6.41. The number of fused-ring (bicyclic) bond motifs is 1. The second-order valence-electron chi connectivity index (χ2n) is 6.14. The Kier molecular flexibility index (Phi) is 3.78. The summed E-state index contributed by atoms with van der Waals surface area (Å²) in [5.41, 5.74) is 1.26. The number of carboxylic acids is 1. The van der Waals surface area contributed by atoms with Gasteiger partial charge in [-0.2, -0.15) is 0 Å². The second-order valence-corrected chi connectivity index (χ2v) is 7.14. The Labute approximate surface area is 112 Å². The fraction of sp³-hybridized carbons (Fsp3) is 0.643. The smallest absolute Gasteiger partial charge is 0.325 e. The van der Waals surface area contributed by atoms with E-state index >= 15 is 0 Å². The maximum absolute atomic E-state index is 11.5. The molecule has 3 nitrogen and oxygen atoms in total. The van der Waals surface area contributed by atoms with Crippen molar-refractivity contribution in [2.24, 2.45) is 5.41 Å². The third-order valence-electron chi connectivity index (χ3n) is 3.45. The monoisotopic (exact) mass is 267 g/mol. The van der Waals surface area contributed by atoms with Gasteiger partial charge in [0.2, 0.25) is 0 Å². The predicted octanol–water partition coefficient (Wildman–Crippen LogP) is 3.17. The van der Waals surface area contributed by atoms with Crippen LogP contribution in [0.15, 0.2) is 11.4 Å². The van der Waals surface area contributed by atoms with E-state index < -0.39 is 12.0 Å². The van der Waals surface area contributed by atoms with Gasteiger partial charge in [-0.1, -0.05) is 20.8 Å². The quantitative estimate of drug-likeness (QED) is 0.914. The average Bonchev–Trinajstić information content (AvgIpc) is 2.71. The summed E-state index contributed by atoms with van der Waals surface area (Å²) in [4.78, 5) is 14.9. The fourth-order valence-electron chi connectivity index (χ4n) is 2.38. The molecule has 0 bridgehead atoms. The van der Waals surface area contributed by atoms with Gasteiger partial charge in [0, 0.05) is 11.4 Å².